The maximum absolute atomic E-state index is 12.2. The zero-order chi connectivity index (χ0) is 15.3. The minimum atomic E-state index is -0.534. The van der Waals surface area contributed by atoms with E-state index in [0.29, 0.717) is 6.04 Å². The molecule has 1 aliphatic carbocycles. The summed E-state index contributed by atoms with van der Waals surface area (Å²) < 4.78 is 0. The zero-order valence-corrected chi connectivity index (χ0v) is 13.3. The molecule has 1 atom stereocenters. The van der Waals surface area contributed by atoms with Gasteiger partial charge in [-0.1, -0.05) is 33.1 Å². The SMILES string of the molecule is CC(C)[C@@H](N)C(=O)N(C)CC(=O)N(C)C1CCCCC1. The molecule has 0 bridgehead atoms. The summed E-state index contributed by atoms with van der Waals surface area (Å²) in [6.07, 6.45) is 5.79. The van der Waals surface area contributed by atoms with Gasteiger partial charge in [-0.15, -0.1) is 0 Å². The van der Waals surface area contributed by atoms with Crippen molar-refractivity contribution in [3.63, 3.8) is 0 Å². The third-order valence-corrected chi connectivity index (χ3v) is 4.27. The van der Waals surface area contributed by atoms with Gasteiger partial charge in [0.05, 0.1) is 12.6 Å². The van der Waals surface area contributed by atoms with E-state index < -0.39 is 6.04 Å². The molecule has 0 aromatic carbocycles. The summed E-state index contributed by atoms with van der Waals surface area (Å²) in [6.45, 7) is 3.94. The van der Waals surface area contributed by atoms with Crippen LogP contribution in [0, 0.1) is 5.92 Å². The predicted octanol–water partition coefficient (Wildman–Crippen LogP) is 1.22. The van der Waals surface area contributed by atoms with Crippen LogP contribution in [0.1, 0.15) is 46.0 Å². The number of carbonyl (C=O) groups excluding carboxylic acids is 2. The molecular formula is C15H29N3O2. The van der Waals surface area contributed by atoms with E-state index in [1.807, 2.05) is 25.8 Å². The molecule has 0 saturated heterocycles. The molecular weight excluding hydrogens is 254 g/mol. The molecule has 1 fully saturated rings. The van der Waals surface area contributed by atoms with Crippen LogP contribution < -0.4 is 5.73 Å². The number of amides is 2. The molecule has 0 heterocycles. The van der Waals surface area contributed by atoms with Crippen molar-refractivity contribution in [3.05, 3.63) is 0 Å². The van der Waals surface area contributed by atoms with E-state index in [9.17, 15) is 9.59 Å². The van der Waals surface area contributed by atoms with E-state index in [4.69, 9.17) is 5.73 Å². The van der Waals surface area contributed by atoms with Crippen LogP contribution in [0.15, 0.2) is 0 Å². The van der Waals surface area contributed by atoms with Gasteiger partial charge in [0.15, 0.2) is 0 Å². The maximum Gasteiger partial charge on any atom is 0.242 e. The second-order valence-corrected chi connectivity index (χ2v) is 6.26. The van der Waals surface area contributed by atoms with Crippen molar-refractivity contribution >= 4 is 11.8 Å². The highest BCUT2D eigenvalue weighted by Crippen LogP contribution is 2.21. The first-order valence-corrected chi connectivity index (χ1v) is 7.60. The van der Waals surface area contributed by atoms with E-state index in [1.54, 1.807) is 7.05 Å². The second-order valence-electron chi connectivity index (χ2n) is 6.26. The minimum absolute atomic E-state index is 0.00343. The Morgan fingerprint density at radius 2 is 1.70 bits per heavy atom. The quantitative estimate of drug-likeness (QED) is 0.825. The molecule has 5 heteroatoms. The molecule has 1 saturated carbocycles. The number of hydrogen-bond donors (Lipinski definition) is 1. The molecule has 0 unspecified atom stereocenters. The average molecular weight is 283 g/mol. The Morgan fingerprint density at radius 3 is 2.20 bits per heavy atom. The fourth-order valence-corrected chi connectivity index (χ4v) is 2.60. The molecule has 0 aliphatic heterocycles. The number of carbonyl (C=O) groups is 2. The first kappa shape index (κ1) is 17.0. The van der Waals surface area contributed by atoms with Crippen molar-refractivity contribution in [2.45, 2.75) is 58.0 Å². The average Bonchev–Trinajstić information content (AvgIpc) is 2.45. The monoisotopic (exact) mass is 283 g/mol. The van der Waals surface area contributed by atoms with E-state index in [1.165, 1.54) is 24.2 Å². The Morgan fingerprint density at radius 1 is 1.15 bits per heavy atom. The summed E-state index contributed by atoms with van der Waals surface area (Å²) in [5.41, 5.74) is 5.84. The van der Waals surface area contributed by atoms with Gasteiger partial charge in [0, 0.05) is 20.1 Å². The number of likely N-dealkylation sites (N-methyl/N-ethyl adjacent to an activating group) is 2. The van der Waals surface area contributed by atoms with Crippen LogP contribution >= 0.6 is 0 Å². The third kappa shape index (κ3) is 4.47. The Kier molecular flexibility index (Phi) is 6.46. The number of hydrogen-bond acceptors (Lipinski definition) is 3. The standard InChI is InChI=1S/C15H29N3O2/c1-11(2)14(16)15(20)17(3)10-13(19)18(4)12-8-6-5-7-9-12/h11-12,14H,5-10,16H2,1-4H3/t14-/m1/s1. The minimum Gasteiger partial charge on any atom is -0.341 e. The van der Waals surface area contributed by atoms with Crippen LogP contribution in [0.3, 0.4) is 0 Å². The molecule has 0 aromatic heterocycles. The van der Waals surface area contributed by atoms with Gasteiger partial charge in [-0.25, -0.2) is 0 Å². The van der Waals surface area contributed by atoms with Gasteiger partial charge in [0.25, 0.3) is 0 Å². The third-order valence-electron chi connectivity index (χ3n) is 4.27. The second kappa shape index (κ2) is 7.62. The highest BCUT2D eigenvalue weighted by Gasteiger charge is 2.26. The number of nitrogens with two attached hydrogens (primary N) is 1. The lowest BCUT2D eigenvalue weighted by Gasteiger charge is -2.33. The van der Waals surface area contributed by atoms with Crippen molar-refractivity contribution in [1.82, 2.24) is 9.80 Å². The van der Waals surface area contributed by atoms with E-state index in [0.717, 1.165) is 12.8 Å². The molecule has 1 aliphatic rings. The summed E-state index contributed by atoms with van der Waals surface area (Å²) in [7, 11) is 3.50. The molecule has 116 valence electrons. The summed E-state index contributed by atoms with van der Waals surface area (Å²) >= 11 is 0. The topological polar surface area (TPSA) is 66.6 Å². The lowest BCUT2D eigenvalue weighted by Crippen LogP contribution is -2.49. The smallest absolute Gasteiger partial charge is 0.242 e. The van der Waals surface area contributed by atoms with Gasteiger partial charge in [-0.3, -0.25) is 9.59 Å². The molecule has 0 radical (unpaired) electrons. The van der Waals surface area contributed by atoms with Crippen LogP contribution in [-0.4, -0.2) is 54.3 Å². The lowest BCUT2D eigenvalue weighted by atomic mass is 9.94. The van der Waals surface area contributed by atoms with Crippen LogP contribution in [-0.2, 0) is 9.59 Å². The van der Waals surface area contributed by atoms with Crippen LogP contribution in [0.5, 0.6) is 0 Å². The molecule has 20 heavy (non-hydrogen) atoms. The normalized spacial score (nSPS) is 17.9. The van der Waals surface area contributed by atoms with Gasteiger partial charge >= 0.3 is 0 Å². The Balaban J connectivity index is 2.49. The van der Waals surface area contributed by atoms with Crippen LogP contribution in [0.4, 0.5) is 0 Å². The van der Waals surface area contributed by atoms with Gasteiger partial charge in [0.1, 0.15) is 0 Å². The fraction of sp³-hybridized carbons (Fsp3) is 0.867. The first-order chi connectivity index (χ1) is 9.34. The Labute approximate surface area is 122 Å². The van der Waals surface area contributed by atoms with E-state index >= 15 is 0 Å². The molecule has 2 amide bonds. The highest BCUT2D eigenvalue weighted by molar-refractivity contribution is 5.87. The number of rotatable bonds is 5. The lowest BCUT2D eigenvalue weighted by molar-refractivity contribution is -0.141. The fourth-order valence-electron chi connectivity index (χ4n) is 2.60. The van der Waals surface area contributed by atoms with Crippen molar-refractivity contribution in [2.75, 3.05) is 20.6 Å². The highest BCUT2D eigenvalue weighted by atomic mass is 16.2. The largest absolute Gasteiger partial charge is 0.341 e. The van der Waals surface area contributed by atoms with E-state index in [2.05, 4.69) is 0 Å². The molecule has 1 rings (SSSR count). The van der Waals surface area contributed by atoms with Crippen molar-refractivity contribution in [3.8, 4) is 0 Å². The first-order valence-electron chi connectivity index (χ1n) is 7.60. The van der Waals surface area contributed by atoms with Crippen LogP contribution in [0.2, 0.25) is 0 Å². The summed E-state index contributed by atoms with van der Waals surface area (Å²) in [5.74, 6) is -0.0785. The Hall–Kier alpha value is -1.10. The van der Waals surface area contributed by atoms with Gasteiger partial charge in [-0.2, -0.15) is 0 Å². The molecule has 2 N–H and O–H groups in total. The summed E-state index contributed by atoms with van der Waals surface area (Å²) in [4.78, 5) is 27.5. The van der Waals surface area contributed by atoms with E-state index in [-0.39, 0.29) is 24.3 Å². The predicted molar refractivity (Wildman–Crippen MR) is 80.1 cm³/mol. The molecule has 0 aromatic rings. The zero-order valence-electron chi connectivity index (χ0n) is 13.3. The van der Waals surface area contributed by atoms with Gasteiger partial charge < -0.3 is 15.5 Å². The van der Waals surface area contributed by atoms with Crippen molar-refractivity contribution in [2.24, 2.45) is 11.7 Å². The summed E-state index contributed by atoms with van der Waals surface area (Å²) in [6, 6.07) is -0.202. The summed E-state index contributed by atoms with van der Waals surface area (Å²) in [5, 5.41) is 0. The van der Waals surface area contributed by atoms with Crippen molar-refractivity contribution in [1.29, 1.82) is 0 Å². The van der Waals surface area contributed by atoms with Gasteiger partial charge in [-0.05, 0) is 18.8 Å². The van der Waals surface area contributed by atoms with Gasteiger partial charge in [0.2, 0.25) is 11.8 Å². The van der Waals surface area contributed by atoms with Crippen LogP contribution in [0.25, 0.3) is 0 Å². The molecule has 0 spiro atoms. The maximum atomic E-state index is 12.2. The van der Waals surface area contributed by atoms with Crippen molar-refractivity contribution < 1.29 is 9.59 Å². The molecule has 5 nitrogen and oxygen atoms in total. The Bertz CT molecular complexity index is 338. The number of nitrogens with zero attached hydrogens (tertiary/aromatic N) is 2.